The van der Waals surface area contributed by atoms with Crippen LogP contribution in [0.15, 0.2) is 35.7 Å². The van der Waals surface area contributed by atoms with Crippen LogP contribution in [0.25, 0.3) is 0 Å². The summed E-state index contributed by atoms with van der Waals surface area (Å²) in [6.45, 7) is 5.94. The van der Waals surface area contributed by atoms with Gasteiger partial charge in [0.05, 0.1) is 0 Å². The van der Waals surface area contributed by atoms with Crippen LogP contribution in [0.2, 0.25) is 0 Å². The lowest BCUT2D eigenvalue weighted by Gasteiger charge is -2.35. The number of nitrogens with zero attached hydrogens (tertiary/aromatic N) is 1. The van der Waals surface area contributed by atoms with Crippen LogP contribution in [0, 0.1) is 0 Å². The number of carboxylic acid groups (broad SMARTS) is 1. The van der Waals surface area contributed by atoms with E-state index >= 15 is 0 Å². The predicted molar refractivity (Wildman–Crippen MR) is 71.8 cm³/mol. The van der Waals surface area contributed by atoms with Crippen molar-refractivity contribution >= 4 is 6.09 Å². The lowest BCUT2D eigenvalue weighted by atomic mass is 9.97. The molecule has 0 bridgehead atoms. The van der Waals surface area contributed by atoms with E-state index in [0.717, 1.165) is 25.7 Å². The van der Waals surface area contributed by atoms with Gasteiger partial charge in [-0.3, -0.25) is 0 Å². The van der Waals surface area contributed by atoms with Gasteiger partial charge in [0.2, 0.25) is 0 Å². The maximum atomic E-state index is 11.8. The van der Waals surface area contributed by atoms with Crippen LogP contribution in [0.5, 0.6) is 0 Å². The van der Waals surface area contributed by atoms with Crippen molar-refractivity contribution in [3.05, 3.63) is 35.7 Å². The van der Waals surface area contributed by atoms with Crippen LogP contribution in [-0.4, -0.2) is 21.2 Å². The Bertz CT molecular complexity index is 424. The molecule has 3 heteroatoms. The summed E-state index contributed by atoms with van der Waals surface area (Å²) in [6.07, 6.45) is 11.4. The second-order valence-electron chi connectivity index (χ2n) is 6.09. The fourth-order valence-corrected chi connectivity index (χ4v) is 2.64. The Kier molecular flexibility index (Phi) is 3.20. The summed E-state index contributed by atoms with van der Waals surface area (Å²) < 4.78 is -0.0718. The normalized spacial score (nSPS) is 24.4. The molecule has 1 aliphatic carbocycles. The highest BCUT2D eigenvalue weighted by atomic mass is 16.4. The summed E-state index contributed by atoms with van der Waals surface area (Å²) in [5.41, 5.74) is 2.08. The highest BCUT2D eigenvalue weighted by Gasteiger charge is 2.49. The number of amides is 1. The number of rotatable bonds is 0. The van der Waals surface area contributed by atoms with Gasteiger partial charge in [-0.1, -0.05) is 12.2 Å². The Balaban J connectivity index is 2.46. The Morgan fingerprint density at radius 1 is 1.11 bits per heavy atom. The van der Waals surface area contributed by atoms with Gasteiger partial charge in [-0.25, -0.2) is 0 Å². The van der Waals surface area contributed by atoms with Crippen molar-refractivity contribution < 1.29 is 14.4 Å². The molecule has 18 heavy (non-hydrogen) atoms. The van der Waals surface area contributed by atoms with Crippen molar-refractivity contribution in [1.29, 1.82) is 0 Å². The Morgan fingerprint density at radius 3 is 1.89 bits per heavy atom. The molecule has 0 atom stereocenters. The van der Waals surface area contributed by atoms with Gasteiger partial charge in [-0.05, 0) is 46.5 Å². The number of hydrogen-bond donors (Lipinski definition) is 1. The maximum absolute atomic E-state index is 11.8. The number of fused-ring (bicyclic) bond motifs is 1. The second kappa shape index (κ2) is 4.39. The fraction of sp³-hybridized carbons (Fsp3) is 0.533. The van der Waals surface area contributed by atoms with Crippen molar-refractivity contribution in [2.45, 2.75) is 52.0 Å². The second-order valence-corrected chi connectivity index (χ2v) is 6.09. The molecular weight excluding hydrogens is 226 g/mol. The molecule has 3 nitrogen and oxygen atoms in total. The molecule has 0 fully saturated rings. The van der Waals surface area contributed by atoms with E-state index in [2.05, 4.69) is 12.2 Å². The van der Waals surface area contributed by atoms with Crippen molar-refractivity contribution in [2.75, 3.05) is 0 Å². The molecule has 98 valence electrons. The van der Waals surface area contributed by atoms with Crippen molar-refractivity contribution in [2.24, 2.45) is 0 Å². The van der Waals surface area contributed by atoms with Crippen LogP contribution in [-0.2, 0) is 0 Å². The van der Waals surface area contributed by atoms with Gasteiger partial charge in [-0.15, -0.1) is 0 Å². The first-order valence-corrected chi connectivity index (χ1v) is 6.58. The largest absolute Gasteiger partial charge is 0.523 e. The molecule has 1 N–H and O–H groups in total. The van der Waals surface area contributed by atoms with Crippen LogP contribution in [0.4, 0.5) is 4.79 Å². The third kappa shape index (κ3) is 2.03. The number of quaternary nitrogens is 1. The standard InChI is InChI=1S/C15H21NO2/c1-15(2,3)16(14(17)18)10-12-8-6-4-5-7-9-13(12)11-16/h4-5,10-11H,6-9H2,1-3H3/p+1/b5-4-. The molecule has 2 aliphatic rings. The zero-order valence-electron chi connectivity index (χ0n) is 11.4. The van der Waals surface area contributed by atoms with E-state index in [4.69, 9.17) is 0 Å². The molecule has 0 unspecified atom stereocenters. The fourth-order valence-electron chi connectivity index (χ4n) is 2.64. The SMILES string of the molecule is CC(C)(C)[N+]1(C(=O)O)C=C2CC/C=C\CCC2=C1. The average Bonchev–Trinajstić information content (AvgIpc) is 2.57. The van der Waals surface area contributed by atoms with Gasteiger partial charge < -0.3 is 5.11 Å². The molecular formula is C15H22NO2+. The van der Waals surface area contributed by atoms with Crippen molar-refractivity contribution in [3.63, 3.8) is 0 Å². The predicted octanol–water partition coefficient (Wildman–Crippen LogP) is 4.19. The molecule has 0 aromatic carbocycles. The van der Waals surface area contributed by atoms with Gasteiger partial charge in [0, 0.05) is 11.1 Å². The molecule has 0 saturated heterocycles. The minimum absolute atomic E-state index is 0.0718. The van der Waals surface area contributed by atoms with Crippen molar-refractivity contribution in [1.82, 2.24) is 0 Å². The van der Waals surface area contributed by atoms with E-state index in [1.165, 1.54) is 11.1 Å². The minimum atomic E-state index is -0.790. The third-order valence-corrected chi connectivity index (χ3v) is 3.89. The quantitative estimate of drug-likeness (QED) is 0.515. The molecule has 1 heterocycles. The van der Waals surface area contributed by atoms with Gasteiger partial charge in [0.25, 0.3) is 0 Å². The molecule has 1 aliphatic heterocycles. The Labute approximate surface area is 109 Å². The van der Waals surface area contributed by atoms with E-state index in [1.54, 1.807) is 0 Å². The first kappa shape index (κ1) is 13.1. The van der Waals surface area contributed by atoms with Gasteiger partial charge in [0.15, 0.2) is 0 Å². The molecule has 1 amide bonds. The zero-order chi connectivity index (χ0) is 13.4. The molecule has 0 saturated carbocycles. The highest BCUT2D eigenvalue weighted by molar-refractivity contribution is 5.61. The molecule has 0 aromatic heterocycles. The number of hydrogen-bond acceptors (Lipinski definition) is 1. The molecule has 0 aromatic rings. The summed E-state index contributed by atoms with van der Waals surface area (Å²) in [6, 6.07) is 0. The van der Waals surface area contributed by atoms with Crippen LogP contribution >= 0.6 is 0 Å². The van der Waals surface area contributed by atoms with Gasteiger partial charge in [-0.2, -0.15) is 9.28 Å². The summed E-state index contributed by atoms with van der Waals surface area (Å²) in [5.74, 6) is 0. The topological polar surface area (TPSA) is 37.3 Å². The van der Waals surface area contributed by atoms with Crippen LogP contribution in [0.1, 0.15) is 46.5 Å². The lowest BCUT2D eigenvalue weighted by Crippen LogP contribution is -2.54. The monoisotopic (exact) mass is 248 g/mol. The van der Waals surface area contributed by atoms with Gasteiger partial charge in [0.1, 0.15) is 17.9 Å². The highest BCUT2D eigenvalue weighted by Crippen LogP contribution is 2.39. The van der Waals surface area contributed by atoms with Gasteiger partial charge >= 0.3 is 6.09 Å². The first-order chi connectivity index (χ1) is 8.37. The summed E-state index contributed by atoms with van der Waals surface area (Å²) >= 11 is 0. The van der Waals surface area contributed by atoms with E-state index in [0.29, 0.717) is 0 Å². The average molecular weight is 248 g/mol. The summed E-state index contributed by atoms with van der Waals surface area (Å²) in [5, 5.41) is 9.65. The van der Waals surface area contributed by atoms with E-state index in [1.807, 2.05) is 33.2 Å². The molecule has 0 spiro atoms. The summed E-state index contributed by atoms with van der Waals surface area (Å²) in [4.78, 5) is 11.8. The van der Waals surface area contributed by atoms with E-state index in [-0.39, 0.29) is 10.0 Å². The molecule has 0 radical (unpaired) electrons. The minimum Gasteiger partial charge on any atom is -0.435 e. The Morgan fingerprint density at radius 2 is 1.56 bits per heavy atom. The number of allylic oxidation sites excluding steroid dienone is 4. The smallest absolute Gasteiger partial charge is 0.435 e. The third-order valence-electron chi connectivity index (χ3n) is 3.89. The van der Waals surface area contributed by atoms with E-state index < -0.39 is 6.09 Å². The lowest BCUT2D eigenvalue weighted by molar-refractivity contribution is -0.803. The first-order valence-electron chi connectivity index (χ1n) is 6.58. The Hall–Kier alpha value is -1.35. The molecule has 2 rings (SSSR count). The van der Waals surface area contributed by atoms with Crippen molar-refractivity contribution in [3.8, 4) is 0 Å². The van der Waals surface area contributed by atoms with E-state index in [9.17, 15) is 9.90 Å². The summed E-state index contributed by atoms with van der Waals surface area (Å²) in [7, 11) is 0. The maximum Gasteiger partial charge on any atom is 0.523 e. The number of carbonyl (C=O) groups is 1. The van der Waals surface area contributed by atoms with Crippen LogP contribution in [0.3, 0.4) is 0 Å². The zero-order valence-corrected chi connectivity index (χ0v) is 11.4. The van der Waals surface area contributed by atoms with Crippen LogP contribution < -0.4 is 0 Å².